The zero-order valence-corrected chi connectivity index (χ0v) is 16.7. The van der Waals surface area contributed by atoms with Crippen molar-refractivity contribution in [3.05, 3.63) is 33.0 Å². The quantitative estimate of drug-likeness (QED) is 0.496. The molecule has 0 fully saturated rings. The first-order valence-electron chi connectivity index (χ1n) is 8.29. The summed E-state index contributed by atoms with van der Waals surface area (Å²) in [6.07, 6.45) is 0.605. The average molecular weight is 413 g/mol. The van der Waals surface area contributed by atoms with Crippen molar-refractivity contribution < 1.29 is 23.9 Å². The summed E-state index contributed by atoms with van der Waals surface area (Å²) in [5, 5.41) is 17.5. The second kappa shape index (κ2) is 9.27. The van der Waals surface area contributed by atoms with Gasteiger partial charge in [0, 0.05) is 24.2 Å². The fourth-order valence-corrected chi connectivity index (χ4v) is 2.81. The highest BCUT2D eigenvalue weighted by molar-refractivity contribution is 6.33. The maximum absolute atomic E-state index is 12.2. The molecular weight excluding hydrogens is 392 g/mol. The first-order chi connectivity index (χ1) is 13.3. The van der Waals surface area contributed by atoms with Crippen LogP contribution in [0.5, 0.6) is 17.2 Å². The Kier molecular flexibility index (Phi) is 7.05. The molecule has 0 bridgehead atoms. The number of ether oxygens (including phenoxy) is 3. The van der Waals surface area contributed by atoms with Crippen LogP contribution < -0.4 is 19.5 Å². The first-order valence-corrected chi connectivity index (χ1v) is 8.67. The maximum atomic E-state index is 12.2. The topological polar surface area (TPSA) is 118 Å². The van der Waals surface area contributed by atoms with Gasteiger partial charge in [-0.25, -0.2) is 0 Å². The molecule has 28 heavy (non-hydrogen) atoms. The van der Waals surface area contributed by atoms with Crippen LogP contribution in [0.25, 0.3) is 0 Å². The Balaban J connectivity index is 2.00. The monoisotopic (exact) mass is 412 g/mol. The van der Waals surface area contributed by atoms with Crippen LogP contribution in [0, 0.1) is 17.0 Å². The summed E-state index contributed by atoms with van der Waals surface area (Å²) >= 11 is 5.90. The van der Waals surface area contributed by atoms with E-state index in [2.05, 4.69) is 10.4 Å². The third kappa shape index (κ3) is 4.63. The lowest BCUT2D eigenvalue weighted by molar-refractivity contribution is -0.389. The molecule has 11 heteroatoms. The van der Waals surface area contributed by atoms with Gasteiger partial charge in [0.15, 0.2) is 16.5 Å². The summed E-state index contributed by atoms with van der Waals surface area (Å²) in [7, 11) is 4.46. The Hall–Kier alpha value is -3.01. The molecule has 0 aliphatic carbocycles. The van der Waals surface area contributed by atoms with E-state index in [1.54, 1.807) is 19.1 Å². The van der Waals surface area contributed by atoms with Crippen molar-refractivity contribution in [3.63, 3.8) is 0 Å². The standard InChI is InChI=1S/C17H21ClN4O6/c1-10-15(18)17(22(24)25)20-21(10)7-5-6-14(23)19-11-8-12(26-2)16(28-4)13(9-11)27-3/h8-9H,5-7H2,1-4H3,(H,19,23). The molecule has 152 valence electrons. The number of benzene rings is 1. The van der Waals surface area contributed by atoms with E-state index in [4.69, 9.17) is 25.8 Å². The van der Waals surface area contributed by atoms with Gasteiger partial charge in [0.1, 0.15) is 0 Å². The number of nitrogens with zero attached hydrogens (tertiary/aromatic N) is 3. The number of nitrogens with one attached hydrogen (secondary N) is 1. The molecule has 0 spiro atoms. The summed E-state index contributed by atoms with van der Waals surface area (Å²) in [6.45, 7) is 1.96. The lowest BCUT2D eigenvalue weighted by Crippen LogP contribution is -2.13. The molecule has 2 aromatic rings. The highest BCUT2D eigenvalue weighted by Crippen LogP contribution is 2.40. The Bertz CT molecular complexity index is 858. The van der Waals surface area contributed by atoms with Crippen LogP contribution in [0.1, 0.15) is 18.5 Å². The van der Waals surface area contributed by atoms with Gasteiger partial charge in [0.2, 0.25) is 11.7 Å². The van der Waals surface area contributed by atoms with Gasteiger partial charge < -0.3 is 29.6 Å². The number of hydrogen-bond acceptors (Lipinski definition) is 7. The second-order valence-electron chi connectivity index (χ2n) is 5.77. The van der Waals surface area contributed by atoms with E-state index in [1.807, 2.05) is 0 Å². The van der Waals surface area contributed by atoms with Crippen LogP contribution in [-0.2, 0) is 11.3 Å². The number of amides is 1. The van der Waals surface area contributed by atoms with Crippen LogP contribution in [0.4, 0.5) is 11.5 Å². The van der Waals surface area contributed by atoms with Crippen LogP contribution >= 0.6 is 11.6 Å². The van der Waals surface area contributed by atoms with E-state index in [0.717, 1.165) is 0 Å². The molecule has 0 saturated carbocycles. The number of halogens is 1. The molecule has 1 amide bonds. The number of carbonyl (C=O) groups excluding carboxylic acids is 1. The molecule has 0 radical (unpaired) electrons. The Morgan fingerprint density at radius 3 is 2.32 bits per heavy atom. The van der Waals surface area contributed by atoms with Gasteiger partial charge in [-0.15, -0.1) is 0 Å². The first kappa shape index (κ1) is 21.3. The lowest BCUT2D eigenvalue weighted by atomic mass is 10.2. The minimum atomic E-state index is -0.636. The van der Waals surface area contributed by atoms with Gasteiger partial charge >= 0.3 is 5.82 Å². The minimum absolute atomic E-state index is 0.00637. The highest BCUT2D eigenvalue weighted by atomic mass is 35.5. The number of hydrogen-bond donors (Lipinski definition) is 1. The summed E-state index contributed by atoms with van der Waals surface area (Å²) in [6, 6.07) is 3.25. The van der Waals surface area contributed by atoms with E-state index in [1.165, 1.54) is 26.0 Å². The van der Waals surface area contributed by atoms with E-state index >= 15 is 0 Å². The number of aryl methyl sites for hydroxylation is 1. The van der Waals surface area contributed by atoms with Crippen molar-refractivity contribution in [1.82, 2.24) is 9.78 Å². The fourth-order valence-electron chi connectivity index (χ4n) is 2.61. The largest absolute Gasteiger partial charge is 0.493 e. The highest BCUT2D eigenvalue weighted by Gasteiger charge is 2.23. The molecule has 0 saturated heterocycles. The molecule has 10 nitrogen and oxygen atoms in total. The molecule has 1 aromatic carbocycles. The number of nitro groups is 1. The summed E-state index contributed by atoms with van der Waals surface area (Å²) in [5.41, 5.74) is 0.979. The molecule has 1 aromatic heterocycles. The van der Waals surface area contributed by atoms with Crippen LogP contribution in [0.2, 0.25) is 5.02 Å². The fraction of sp³-hybridized carbons (Fsp3) is 0.412. The molecule has 0 aliphatic rings. The summed E-state index contributed by atoms with van der Waals surface area (Å²) < 4.78 is 17.2. The lowest BCUT2D eigenvalue weighted by Gasteiger charge is -2.14. The molecule has 0 atom stereocenters. The van der Waals surface area contributed by atoms with E-state index < -0.39 is 4.92 Å². The number of aromatic nitrogens is 2. The van der Waals surface area contributed by atoms with Gasteiger partial charge in [-0.2, -0.15) is 4.68 Å². The second-order valence-corrected chi connectivity index (χ2v) is 6.15. The van der Waals surface area contributed by atoms with Gasteiger partial charge in [-0.3, -0.25) is 4.79 Å². The number of anilines is 1. The Labute approximate surface area is 166 Å². The van der Waals surface area contributed by atoms with E-state index in [0.29, 0.717) is 41.6 Å². The predicted molar refractivity (Wildman–Crippen MR) is 103 cm³/mol. The van der Waals surface area contributed by atoms with Crippen molar-refractivity contribution in [3.8, 4) is 17.2 Å². The summed E-state index contributed by atoms with van der Waals surface area (Å²) in [5.74, 6) is 0.647. The van der Waals surface area contributed by atoms with Crippen molar-refractivity contribution in [2.75, 3.05) is 26.6 Å². The van der Waals surface area contributed by atoms with E-state index in [-0.39, 0.29) is 23.2 Å². The molecule has 0 unspecified atom stereocenters. The number of methoxy groups -OCH3 is 3. The molecular formula is C17H21ClN4O6. The maximum Gasteiger partial charge on any atom is 0.408 e. The minimum Gasteiger partial charge on any atom is -0.493 e. The Morgan fingerprint density at radius 2 is 1.86 bits per heavy atom. The van der Waals surface area contributed by atoms with Gasteiger partial charge in [0.25, 0.3) is 0 Å². The Morgan fingerprint density at radius 1 is 1.25 bits per heavy atom. The zero-order chi connectivity index (χ0) is 20.8. The van der Waals surface area contributed by atoms with E-state index in [9.17, 15) is 14.9 Å². The van der Waals surface area contributed by atoms with Crippen LogP contribution in [-0.4, -0.2) is 41.9 Å². The molecule has 0 aliphatic heterocycles. The third-order valence-corrected chi connectivity index (χ3v) is 4.45. The molecule has 1 heterocycles. The predicted octanol–water partition coefficient (Wildman–Crippen LogP) is 3.20. The van der Waals surface area contributed by atoms with Crippen molar-refractivity contribution >= 4 is 29.0 Å². The van der Waals surface area contributed by atoms with Crippen molar-refractivity contribution in [2.24, 2.45) is 0 Å². The van der Waals surface area contributed by atoms with Gasteiger partial charge in [-0.05, 0) is 18.3 Å². The normalized spacial score (nSPS) is 10.5. The van der Waals surface area contributed by atoms with Crippen molar-refractivity contribution in [1.29, 1.82) is 0 Å². The average Bonchev–Trinajstić information content (AvgIpc) is 2.95. The SMILES string of the molecule is COc1cc(NC(=O)CCCn2nc([N+](=O)[O-])c(Cl)c2C)cc(OC)c1OC. The number of carbonyl (C=O) groups is 1. The van der Waals surface area contributed by atoms with Crippen molar-refractivity contribution in [2.45, 2.75) is 26.3 Å². The molecule has 2 rings (SSSR count). The number of rotatable bonds is 9. The van der Waals surface area contributed by atoms with Gasteiger partial charge in [0.05, 0.1) is 38.7 Å². The van der Waals surface area contributed by atoms with Crippen LogP contribution in [0.15, 0.2) is 12.1 Å². The zero-order valence-electron chi connectivity index (χ0n) is 15.9. The third-order valence-electron chi connectivity index (χ3n) is 4.01. The summed E-state index contributed by atoms with van der Waals surface area (Å²) in [4.78, 5) is 22.5. The van der Waals surface area contributed by atoms with Gasteiger partial charge in [-0.1, -0.05) is 11.6 Å². The molecule has 1 N–H and O–H groups in total. The smallest absolute Gasteiger partial charge is 0.408 e. The van der Waals surface area contributed by atoms with Crippen LogP contribution in [0.3, 0.4) is 0 Å².